The van der Waals surface area contributed by atoms with Crippen molar-refractivity contribution in [2.45, 2.75) is 0 Å². The van der Waals surface area contributed by atoms with Crippen molar-refractivity contribution in [3.8, 4) is 0 Å². The van der Waals surface area contributed by atoms with E-state index in [9.17, 15) is 0 Å². The van der Waals surface area contributed by atoms with E-state index in [1.54, 1.807) is 17.3 Å². The molecule has 0 saturated carbocycles. The first-order chi connectivity index (χ1) is 4.43. The van der Waals surface area contributed by atoms with Gasteiger partial charge in [0.25, 0.3) is 0 Å². The summed E-state index contributed by atoms with van der Waals surface area (Å²) in [5.74, 6) is 1.60. The third-order valence-corrected chi connectivity index (χ3v) is 1.62. The summed E-state index contributed by atoms with van der Waals surface area (Å²) >= 11 is 1.64. The largest absolute Gasteiger partial charge is 0.450 e. The van der Waals surface area contributed by atoms with Crippen LogP contribution in [0.25, 0.3) is 6.08 Å². The maximum Gasteiger partial charge on any atom is 0.318 e. The molecule has 1 heterocycles. The molecule has 0 amide bonds. The Morgan fingerprint density at radius 1 is 1.67 bits per heavy atom. The summed E-state index contributed by atoms with van der Waals surface area (Å²) in [7, 11) is 1.03. The van der Waals surface area contributed by atoms with Gasteiger partial charge in [0.15, 0.2) is 0 Å². The number of thiophene rings is 1. The van der Waals surface area contributed by atoms with Crippen molar-refractivity contribution >= 4 is 24.9 Å². The van der Waals surface area contributed by atoms with E-state index >= 15 is 0 Å². The normalized spacial score (nSPS) is 10.3. The smallest absolute Gasteiger partial charge is 0.318 e. The van der Waals surface area contributed by atoms with Crippen LogP contribution in [0.5, 0.6) is 0 Å². The zero-order chi connectivity index (χ0) is 6.53. The van der Waals surface area contributed by atoms with E-state index < -0.39 is 0 Å². The van der Waals surface area contributed by atoms with Gasteiger partial charge in [-0.3, -0.25) is 0 Å². The van der Waals surface area contributed by atoms with Gasteiger partial charge in [-0.25, -0.2) is 0 Å². The van der Waals surface area contributed by atoms with Gasteiger partial charge in [0.2, 0.25) is 0 Å². The number of hydrogen-bond donors (Lipinski definition) is 1. The molecule has 0 spiro atoms. The molecule has 1 rings (SSSR count). The Morgan fingerprint density at radius 2 is 2.56 bits per heavy atom. The molecule has 0 fully saturated rings. The van der Waals surface area contributed by atoms with E-state index in [1.807, 2.05) is 22.9 Å². The van der Waals surface area contributed by atoms with Gasteiger partial charge in [-0.2, -0.15) is 11.3 Å². The van der Waals surface area contributed by atoms with Gasteiger partial charge in [-0.05, 0) is 22.4 Å². The lowest BCUT2D eigenvalue weighted by atomic mass is 10.0. The van der Waals surface area contributed by atoms with Crippen LogP contribution in [0.4, 0.5) is 0 Å². The predicted molar refractivity (Wildman–Crippen MR) is 41.3 cm³/mol. The van der Waals surface area contributed by atoms with Gasteiger partial charge >= 0.3 is 7.48 Å². The van der Waals surface area contributed by atoms with Crippen LogP contribution in [-0.4, -0.2) is 12.5 Å². The Hall–Kier alpha value is -0.535. The minimum atomic E-state index is 1.03. The highest BCUT2D eigenvalue weighted by Crippen LogP contribution is 2.06. The fourth-order valence-corrected chi connectivity index (χ4v) is 1.15. The lowest BCUT2D eigenvalue weighted by Crippen LogP contribution is -1.75. The SMILES string of the molecule is O[B]/C=C/c1ccsc1. The summed E-state index contributed by atoms with van der Waals surface area (Å²) in [6.07, 6.45) is 1.84. The molecule has 0 aliphatic carbocycles. The van der Waals surface area contributed by atoms with Gasteiger partial charge in [0, 0.05) is 0 Å². The number of rotatable bonds is 2. The van der Waals surface area contributed by atoms with Crippen LogP contribution in [-0.2, 0) is 0 Å². The van der Waals surface area contributed by atoms with Gasteiger partial charge in [0.05, 0.1) is 0 Å². The quantitative estimate of drug-likeness (QED) is 0.609. The maximum absolute atomic E-state index is 8.26. The molecule has 0 atom stereocenters. The molecule has 1 nitrogen and oxygen atoms in total. The van der Waals surface area contributed by atoms with E-state index in [0.29, 0.717) is 0 Å². The van der Waals surface area contributed by atoms with Crippen LogP contribution >= 0.6 is 11.3 Å². The third kappa shape index (κ3) is 2.04. The second kappa shape index (κ2) is 3.48. The van der Waals surface area contributed by atoms with Crippen molar-refractivity contribution in [2.75, 3.05) is 0 Å². The van der Waals surface area contributed by atoms with Crippen LogP contribution in [0.2, 0.25) is 0 Å². The van der Waals surface area contributed by atoms with Crippen LogP contribution in [0, 0.1) is 0 Å². The summed E-state index contributed by atoms with van der Waals surface area (Å²) < 4.78 is 0. The standard InChI is InChI=1S/C6H6BOS/c8-7-3-1-6-2-4-9-5-6/h1-5,8H/b3-1+. The molecule has 0 bridgehead atoms. The topological polar surface area (TPSA) is 20.2 Å². The van der Waals surface area contributed by atoms with Gasteiger partial charge in [-0.15, -0.1) is 0 Å². The van der Waals surface area contributed by atoms with Crippen molar-refractivity contribution in [1.29, 1.82) is 0 Å². The average molecular weight is 137 g/mol. The number of hydrogen-bond acceptors (Lipinski definition) is 2. The van der Waals surface area contributed by atoms with Crippen molar-refractivity contribution in [2.24, 2.45) is 0 Å². The zero-order valence-electron chi connectivity index (χ0n) is 4.82. The fourth-order valence-electron chi connectivity index (χ4n) is 0.524. The summed E-state index contributed by atoms with van der Waals surface area (Å²) in [4.78, 5) is 0. The zero-order valence-corrected chi connectivity index (χ0v) is 5.64. The van der Waals surface area contributed by atoms with Gasteiger partial charge < -0.3 is 5.02 Å². The predicted octanol–water partition coefficient (Wildman–Crippen LogP) is 1.33. The van der Waals surface area contributed by atoms with E-state index in [-0.39, 0.29) is 0 Å². The molecule has 45 valence electrons. The Kier molecular flexibility index (Phi) is 2.55. The van der Waals surface area contributed by atoms with Gasteiger partial charge in [-0.1, -0.05) is 12.1 Å². The second-order valence-corrected chi connectivity index (χ2v) is 2.34. The molecule has 0 saturated heterocycles. The molecular formula is C6H6BOS. The van der Waals surface area contributed by atoms with E-state index in [0.717, 1.165) is 13.0 Å². The van der Waals surface area contributed by atoms with E-state index in [1.165, 1.54) is 0 Å². The molecule has 1 aromatic rings. The average Bonchev–Trinajstić information content (AvgIpc) is 2.34. The molecule has 0 unspecified atom stereocenters. The molecule has 1 N–H and O–H groups in total. The van der Waals surface area contributed by atoms with Crippen LogP contribution in [0.1, 0.15) is 5.56 Å². The summed E-state index contributed by atoms with van der Waals surface area (Å²) in [6.45, 7) is 0. The first-order valence-electron chi connectivity index (χ1n) is 2.60. The van der Waals surface area contributed by atoms with Crippen molar-refractivity contribution in [1.82, 2.24) is 0 Å². The lowest BCUT2D eigenvalue weighted by molar-refractivity contribution is 0.615. The van der Waals surface area contributed by atoms with Crippen molar-refractivity contribution < 1.29 is 5.02 Å². The van der Waals surface area contributed by atoms with Crippen LogP contribution in [0.3, 0.4) is 0 Å². The third-order valence-electron chi connectivity index (χ3n) is 0.918. The summed E-state index contributed by atoms with van der Waals surface area (Å²) in [5, 5.41) is 12.3. The van der Waals surface area contributed by atoms with Gasteiger partial charge in [0.1, 0.15) is 0 Å². The second-order valence-electron chi connectivity index (χ2n) is 1.56. The molecule has 1 aromatic heterocycles. The van der Waals surface area contributed by atoms with E-state index in [2.05, 4.69) is 0 Å². The minimum Gasteiger partial charge on any atom is -0.450 e. The Morgan fingerprint density at radius 3 is 3.11 bits per heavy atom. The summed E-state index contributed by atoms with van der Waals surface area (Å²) in [5.41, 5.74) is 1.13. The Labute approximate surface area is 58.9 Å². The first kappa shape index (κ1) is 6.58. The molecule has 1 radical (unpaired) electrons. The lowest BCUT2D eigenvalue weighted by Gasteiger charge is -1.77. The minimum absolute atomic E-state index is 1.03. The molecular weight excluding hydrogens is 131 g/mol. The fraction of sp³-hybridized carbons (Fsp3) is 0. The van der Waals surface area contributed by atoms with Crippen molar-refractivity contribution in [3.63, 3.8) is 0 Å². The Bertz CT molecular complexity index is 181. The summed E-state index contributed by atoms with van der Waals surface area (Å²) in [6, 6.07) is 1.99. The molecule has 9 heavy (non-hydrogen) atoms. The van der Waals surface area contributed by atoms with Crippen molar-refractivity contribution in [3.05, 3.63) is 28.4 Å². The first-order valence-corrected chi connectivity index (χ1v) is 3.54. The highest BCUT2D eigenvalue weighted by Gasteiger charge is 1.82. The highest BCUT2D eigenvalue weighted by molar-refractivity contribution is 7.08. The van der Waals surface area contributed by atoms with E-state index in [4.69, 9.17) is 5.02 Å². The molecule has 0 aromatic carbocycles. The maximum atomic E-state index is 8.26. The molecule has 3 heteroatoms. The van der Waals surface area contributed by atoms with Crippen LogP contribution < -0.4 is 0 Å². The monoisotopic (exact) mass is 137 g/mol. The Balaban J connectivity index is 2.57. The molecule has 0 aliphatic heterocycles. The highest BCUT2D eigenvalue weighted by atomic mass is 32.1. The molecule has 0 aliphatic rings. The van der Waals surface area contributed by atoms with Crippen LogP contribution in [0.15, 0.2) is 22.8 Å².